The van der Waals surface area contributed by atoms with Gasteiger partial charge in [0.05, 0.1) is 24.0 Å². The van der Waals surface area contributed by atoms with Crippen molar-refractivity contribution in [2.24, 2.45) is 9.98 Å². The van der Waals surface area contributed by atoms with Crippen molar-refractivity contribution in [1.29, 1.82) is 0 Å². The standard InChI is InChI=1S/C26H24N4O6S2/c1-35-19-11-15(3-5-17(19)31)13-21-23(33)27-25(37-21)29-7-9-30(10-8-29)26-28-24(34)22(38-26)14-16-4-6-18(32)20(12-16)36-2/h3-6,11-14,31-32H,7-10H2,1-2H3/b21-13+,22-14+. The summed E-state index contributed by atoms with van der Waals surface area (Å²) in [6.45, 7) is 2.51. The molecule has 0 aromatic heterocycles. The first-order valence-corrected chi connectivity index (χ1v) is 13.3. The maximum absolute atomic E-state index is 12.5. The Labute approximate surface area is 227 Å². The molecule has 38 heavy (non-hydrogen) atoms. The number of carbonyl (C=O) groups is 2. The first-order chi connectivity index (χ1) is 18.3. The summed E-state index contributed by atoms with van der Waals surface area (Å²) in [5.74, 6) is 0.121. The van der Waals surface area contributed by atoms with Gasteiger partial charge in [0.2, 0.25) is 0 Å². The van der Waals surface area contributed by atoms with E-state index in [4.69, 9.17) is 9.47 Å². The number of benzene rings is 2. The molecule has 1 fully saturated rings. The number of phenols is 2. The van der Waals surface area contributed by atoms with Crippen LogP contribution in [0.2, 0.25) is 0 Å². The van der Waals surface area contributed by atoms with E-state index in [1.807, 2.05) is 0 Å². The van der Waals surface area contributed by atoms with E-state index >= 15 is 0 Å². The number of piperazine rings is 1. The number of thioether (sulfide) groups is 2. The first kappa shape index (κ1) is 25.7. The number of aromatic hydroxyl groups is 2. The second-order valence-electron chi connectivity index (χ2n) is 8.46. The van der Waals surface area contributed by atoms with E-state index in [0.717, 1.165) is 11.1 Å². The van der Waals surface area contributed by atoms with Crippen LogP contribution in [0.15, 0.2) is 56.2 Å². The lowest BCUT2D eigenvalue weighted by Crippen LogP contribution is -2.49. The van der Waals surface area contributed by atoms with Crippen molar-refractivity contribution in [3.05, 3.63) is 57.3 Å². The predicted molar refractivity (Wildman–Crippen MR) is 148 cm³/mol. The molecule has 3 aliphatic heterocycles. The Hall–Kier alpha value is -3.90. The van der Waals surface area contributed by atoms with Crippen LogP contribution in [0, 0.1) is 0 Å². The van der Waals surface area contributed by atoms with E-state index in [1.165, 1.54) is 49.9 Å². The van der Waals surface area contributed by atoms with Crippen molar-refractivity contribution in [1.82, 2.24) is 9.80 Å². The van der Waals surface area contributed by atoms with Crippen LogP contribution in [-0.2, 0) is 9.59 Å². The highest BCUT2D eigenvalue weighted by molar-refractivity contribution is 8.18. The third-order valence-corrected chi connectivity index (χ3v) is 8.13. The number of hydrogen-bond acceptors (Lipinski definition) is 10. The smallest absolute Gasteiger partial charge is 0.286 e. The summed E-state index contributed by atoms with van der Waals surface area (Å²) in [5.41, 5.74) is 1.46. The highest BCUT2D eigenvalue weighted by Gasteiger charge is 2.32. The number of hydrogen-bond donors (Lipinski definition) is 2. The van der Waals surface area contributed by atoms with Crippen molar-refractivity contribution in [3.63, 3.8) is 0 Å². The summed E-state index contributed by atoms with van der Waals surface area (Å²) in [6, 6.07) is 9.78. The summed E-state index contributed by atoms with van der Waals surface area (Å²) in [5, 5.41) is 20.9. The summed E-state index contributed by atoms with van der Waals surface area (Å²) < 4.78 is 10.3. The molecule has 2 aromatic rings. The molecule has 0 unspecified atom stereocenters. The molecule has 0 aliphatic carbocycles. The maximum Gasteiger partial charge on any atom is 0.286 e. The van der Waals surface area contributed by atoms with Crippen LogP contribution < -0.4 is 9.47 Å². The SMILES string of the molecule is COc1cc(/C=C2/SC(N3CCN(C4=NC(=O)/C(=C\c5ccc(O)c(OC)c5)S4)CC3)=NC2=O)ccc1O. The minimum absolute atomic E-state index is 0.0322. The Morgan fingerprint density at radius 1 is 0.737 bits per heavy atom. The molecule has 2 amide bonds. The van der Waals surface area contributed by atoms with Crippen molar-refractivity contribution in [3.8, 4) is 23.0 Å². The van der Waals surface area contributed by atoms with Crippen molar-refractivity contribution in [2.75, 3.05) is 40.4 Å². The molecule has 1 saturated heterocycles. The van der Waals surface area contributed by atoms with Gasteiger partial charge in [-0.3, -0.25) is 9.59 Å². The lowest BCUT2D eigenvalue weighted by atomic mass is 10.2. The van der Waals surface area contributed by atoms with Gasteiger partial charge in [0.15, 0.2) is 33.3 Å². The van der Waals surface area contributed by atoms with Gasteiger partial charge in [0.25, 0.3) is 11.8 Å². The molecule has 2 N–H and O–H groups in total. The van der Waals surface area contributed by atoms with E-state index in [1.54, 1.807) is 36.4 Å². The molecular formula is C26H24N4O6S2. The fraction of sp³-hybridized carbons (Fsp3) is 0.231. The van der Waals surface area contributed by atoms with Crippen molar-refractivity contribution in [2.45, 2.75) is 0 Å². The molecule has 12 heteroatoms. The molecule has 10 nitrogen and oxygen atoms in total. The second-order valence-corrected chi connectivity index (χ2v) is 10.5. The van der Waals surface area contributed by atoms with E-state index in [-0.39, 0.29) is 23.3 Å². The number of carbonyl (C=O) groups excluding carboxylic acids is 2. The lowest BCUT2D eigenvalue weighted by Gasteiger charge is -2.35. The molecule has 0 radical (unpaired) electrons. The van der Waals surface area contributed by atoms with E-state index in [9.17, 15) is 19.8 Å². The maximum atomic E-state index is 12.5. The minimum atomic E-state index is -0.304. The van der Waals surface area contributed by atoms with Crippen LogP contribution >= 0.6 is 23.5 Å². The summed E-state index contributed by atoms with van der Waals surface area (Å²) in [4.78, 5) is 38.6. The van der Waals surface area contributed by atoms with Crippen LogP contribution in [0.5, 0.6) is 23.0 Å². The Bertz CT molecular complexity index is 1320. The topological polar surface area (TPSA) is 124 Å². The lowest BCUT2D eigenvalue weighted by molar-refractivity contribution is -0.114. The number of ether oxygens (including phenoxy) is 2. The fourth-order valence-electron chi connectivity index (χ4n) is 4.03. The quantitative estimate of drug-likeness (QED) is 0.546. The Kier molecular flexibility index (Phi) is 7.34. The first-order valence-electron chi connectivity index (χ1n) is 11.6. The van der Waals surface area contributed by atoms with E-state index in [2.05, 4.69) is 19.8 Å². The van der Waals surface area contributed by atoms with Gasteiger partial charge in [-0.05, 0) is 71.1 Å². The molecule has 2 aromatic carbocycles. The summed E-state index contributed by atoms with van der Waals surface area (Å²) >= 11 is 2.63. The van der Waals surface area contributed by atoms with Crippen molar-refractivity contribution >= 4 is 57.8 Å². The molecule has 0 atom stereocenters. The number of methoxy groups -OCH3 is 2. The molecule has 5 rings (SSSR count). The number of phenolic OH excluding ortho intramolecular Hbond substituents is 2. The summed E-state index contributed by atoms with van der Waals surface area (Å²) in [7, 11) is 2.94. The van der Waals surface area contributed by atoms with Gasteiger partial charge in [-0.2, -0.15) is 9.98 Å². The molecule has 0 spiro atoms. The number of amides is 2. The average Bonchev–Trinajstić information content (AvgIpc) is 3.48. The van der Waals surface area contributed by atoms with E-state index in [0.29, 0.717) is 57.8 Å². The molecule has 3 heterocycles. The second kappa shape index (κ2) is 10.8. The Balaban J connectivity index is 1.19. The van der Waals surface area contributed by atoms with Gasteiger partial charge in [0.1, 0.15) is 0 Å². The summed E-state index contributed by atoms with van der Waals surface area (Å²) in [6.07, 6.45) is 3.46. The van der Waals surface area contributed by atoms with Crippen molar-refractivity contribution < 1.29 is 29.3 Å². The molecule has 3 aliphatic rings. The predicted octanol–water partition coefficient (Wildman–Crippen LogP) is 3.37. The Morgan fingerprint density at radius 3 is 1.50 bits per heavy atom. The zero-order chi connectivity index (χ0) is 26.8. The third-order valence-electron chi connectivity index (χ3n) is 6.04. The number of nitrogens with zero attached hydrogens (tertiary/aromatic N) is 4. The minimum Gasteiger partial charge on any atom is -0.504 e. The van der Waals surface area contributed by atoms with Gasteiger partial charge in [-0.25, -0.2) is 0 Å². The van der Waals surface area contributed by atoms with Crippen LogP contribution in [-0.4, -0.2) is 82.6 Å². The number of amidine groups is 2. The highest BCUT2D eigenvalue weighted by atomic mass is 32.2. The third kappa shape index (κ3) is 5.36. The van der Waals surface area contributed by atoms with Gasteiger partial charge >= 0.3 is 0 Å². The zero-order valence-electron chi connectivity index (χ0n) is 20.6. The normalized spacial score (nSPS) is 19.8. The van der Waals surface area contributed by atoms with Crippen LogP contribution in [0.1, 0.15) is 11.1 Å². The molecule has 196 valence electrons. The van der Waals surface area contributed by atoms with Crippen LogP contribution in [0.4, 0.5) is 0 Å². The number of aliphatic imine (C=N–C) groups is 2. The van der Waals surface area contributed by atoms with Crippen LogP contribution in [0.3, 0.4) is 0 Å². The Morgan fingerprint density at radius 2 is 1.13 bits per heavy atom. The number of rotatable bonds is 4. The van der Waals surface area contributed by atoms with E-state index < -0.39 is 0 Å². The zero-order valence-corrected chi connectivity index (χ0v) is 22.2. The average molecular weight is 553 g/mol. The monoisotopic (exact) mass is 552 g/mol. The molecule has 0 bridgehead atoms. The fourth-order valence-corrected chi connectivity index (χ4v) is 5.96. The van der Waals surface area contributed by atoms with Gasteiger partial charge < -0.3 is 29.5 Å². The van der Waals surface area contributed by atoms with Crippen LogP contribution in [0.25, 0.3) is 12.2 Å². The molecular weight excluding hydrogens is 528 g/mol. The van der Waals surface area contributed by atoms with Gasteiger partial charge in [-0.15, -0.1) is 0 Å². The highest BCUT2D eigenvalue weighted by Crippen LogP contribution is 2.35. The van der Waals surface area contributed by atoms with Gasteiger partial charge in [0, 0.05) is 26.2 Å². The van der Waals surface area contributed by atoms with Gasteiger partial charge in [-0.1, -0.05) is 12.1 Å². The largest absolute Gasteiger partial charge is 0.504 e. The molecule has 0 saturated carbocycles.